The maximum Gasteiger partial charge on any atom is 0.243 e. The van der Waals surface area contributed by atoms with Gasteiger partial charge in [0.2, 0.25) is 15.9 Å². The zero-order chi connectivity index (χ0) is 17.7. The Morgan fingerprint density at radius 1 is 1.17 bits per heavy atom. The van der Waals surface area contributed by atoms with Crippen LogP contribution in [0.1, 0.15) is 6.92 Å². The number of likely N-dealkylation sites (N-methyl/N-ethyl adjacent to an activating group) is 2. The summed E-state index contributed by atoms with van der Waals surface area (Å²) in [6, 6.07) is 6.72. The monoisotopic (exact) mass is 371 g/mol. The molecule has 134 valence electrons. The first-order valence-electron chi connectivity index (χ1n) is 7.99. The van der Waals surface area contributed by atoms with Gasteiger partial charge < -0.3 is 9.80 Å². The van der Waals surface area contributed by atoms with Crippen LogP contribution in [-0.4, -0.2) is 81.0 Å². The van der Waals surface area contributed by atoms with Gasteiger partial charge in [-0.15, -0.1) is 11.8 Å². The van der Waals surface area contributed by atoms with Crippen molar-refractivity contribution in [1.29, 1.82) is 0 Å². The number of hydrogen-bond donors (Lipinski definition) is 0. The number of amides is 1. The van der Waals surface area contributed by atoms with E-state index in [0.29, 0.717) is 13.1 Å². The van der Waals surface area contributed by atoms with Crippen LogP contribution in [0.4, 0.5) is 0 Å². The Morgan fingerprint density at radius 3 is 2.25 bits per heavy atom. The van der Waals surface area contributed by atoms with E-state index in [1.807, 2.05) is 6.26 Å². The average molecular weight is 372 g/mol. The van der Waals surface area contributed by atoms with E-state index in [0.717, 1.165) is 28.8 Å². The first kappa shape index (κ1) is 19.2. The molecule has 8 heteroatoms. The van der Waals surface area contributed by atoms with E-state index < -0.39 is 10.0 Å². The van der Waals surface area contributed by atoms with Crippen molar-refractivity contribution in [2.24, 2.45) is 0 Å². The Hall–Kier alpha value is -1.09. The lowest BCUT2D eigenvalue weighted by atomic mass is 10.3. The normalized spacial score (nSPS) is 16.6. The van der Waals surface area contributed by atoms with E-state index in [4.69, 9.17) is 0 Å². The highest BCUT2D eigenvalue weighted by Gasteiger charge is 2.26. The number of carbonyl (C=O) groups excluding carboxylic acids is 1. The number of rotatable bonds is 6. The summed E-state index contributed by atoms with van der Waals surface area (Å²) in [6.07, 6.45) is 1.94. The molecule has 2 rings (SSSR count). The van der Waals surface area contributed by atoms with Gasteiger partial charge >= 0.3 is 0 Å². The topological polar surface area (TPSA) is 60.9 Å². The fourth-order valence-electron chi connectivity index (χ4n) is 2.62. The fourth-order valence-corrected chi connectivity index (χ4v) is 4.15. The van der Waals surface area contributed by atoms with Gasteiger partial charge in [-0.05, 0) is 37.1 Å². The summed E-state index contributed by atoms with van der Waals surface area (Å²) in [5, 5.41) is 0. The molecule has 0 aliphatic carbocycles. The van der Waals surface area contributed by atoms with Gasteiger partial charge in [0, 0.05) is 38.1 Å². The highest BCUT2D eigenvalue weighted by molar-refractivity contribution is 7.98. The van der Waals surface area contributed by atoms with Crippen molar-refractivity contribution in [2.75, 3.05) is 52.6 Å². The smallest absolute Gasteiger partial charge is 0.243 e. The van der Waals surface area contributed by atoms with Crippen LogP contribution in [0.25, 0.3) is 0 Å². The van der Waals surface area contributed by atoms with Crippen molar-refractivity contribution < 1.29 is 13.2 Å². The van der Waals surface area contributed by atoms with Crippen molar-refractivity contribution in [1.82, 2.24) is 14.1 Å². The van der Waals surface area contributed by atoms with Gasteiger partial charge in [-0.3, -0.25) is 4.79 Å². The molecular formula is C16H25N3O3S2. The molecule has 1 aliphatic rings. The third-order valence-corrected chi connectivity index (χ3v) is 6.86. The minimum absolute atomic E-state index is 0.126. The molecule has 1 amide bonds. The highest BCUT2D eigenvalue weighted by Crippen LogP contribution is 2.20. The zero-order valence-electron chi connectivity index (χ0n) is 14.4. The lowest BCUT2D eigenvalue weighted by Crippen LogP contribution is -2.51. The molecule has 1 heterocycles. The zero-order valence-corrected chi connectivity index (χ0v) is 16.1. The van der Waals surface area contributed by atoms with Crippen LogP contribution < -0.4 is 0 Å². The Labute approximate surface area is 148 Å². The summed E-state index contributed by atoms with van der Waals surface area (Å²) in [5.41, 5.74) is 0. The molecule has 24 heavy (non-hydrogen) atoms. The molecule has 0 radical (unpaired) electrons. The number of sulfonamides is 1. The van der Waals surface area contributed by atoms with Crippen molar-refractivity contribution in [3.63, 3.8) is 0 Å². The van der Waals surface area contributed by atoms with Crippen molar-refractivity contribution in [2.45, 2.75) is 16.7 Å². The third kappa shape index (κ3) is 4.50. The van der Waals surface area contributed by atoms with Gasteiger partial charge in [0.15, 0.2) is 0 Å². The highest BCUT2D eigenvalue weighted by atomic mass is 32.2. The van der Waals surface area contributed by atoms with E-state index in [1.54, 1.807) is 40.9 Å². The van der Waals surface area contributed by atoms with Gasteiger partial charge in [0.25, 0.3) is 0 Å². The van der Waals surface area contributed by atoms with Crippen LogP contribution in [0.3, 0.4) is 0 Å². The second kappa shape index (κ2) is 8.33. The van der Waals surface area contributed by atoms with Crippen LogP contribution in [0.15, 0.2) is 34.1 Å². The Bertz CT molecular complexity index is 654. The summed E-state index contributed by atoms with van der Waals surface area (Å²) in [6.45, 7) is 5.94. The summed E-state index contributed by atoms with van der Waals surface area (Å²) >= 11 is 1.55. The van der Waals surface area contributed by atoms with E-state index in [2.05, 4.69) is 11.8 Å². The first-order valence-corrected chi connectivity index (χ1v) is 10.7. The summed E-state index contributed by atoms with van der Waals surface area (Å²) < 4.78 is 26.3. The minimum Gasteiger partial charge on any atom is -0.339 e. The van der Waals surface area contributed by atoms with Gasteiger partial charge in [-0.1, -0.05) is 6.92 Å². The molecule has 0 unspecified atom stereocenters. The average Bonchev–Trinajstić information content (AvgIpc) is 2.61. The van der Waals surface area contributed by atoms with Gasteiger partial charge in [-0.25, -0.2) is 8.42 Å². The minimum atomic E-state index is -3.65. The van der Waals surface area contributed by atoms with E-state index in [9.17, 15) is 13.2 Å². The van der Waals surface area contributed by atoms with E-state index in [-0.39, 0.29) is 17.3 Å². The Balaban J connectivity index is 1.99. The maximum atomic E-state index is 12.6. The molecule has 1 saturated heterocycles. The molecule has 0 saturated carbocycles. The molecule has 6 nitrogen and oxygen atoms in total. The van der Waals surface area contributed by atoms with Crippen LogP contribution in [-0.2, 0) is 14.8 Å². The van der Waals surface area contributed by atoms with Crippen LogP contribution >= 0.6 is 11.8 Å². The second-order valence-electron chi connectivity index (χ2n) is 5.75. The molecule has 0 spiro atoms. The molecule has 0 atom stereocenters. The Morgan fingerprint density at radius 2 is 1.75 bits per heavy atom. The van der Waals surface area contributed by atoms with Crippen molar-refractivity contribution in [3.8, 4) is 0 Å². The van der Waals surface area contributed by atoms with Gasteiger partial charge in [0.1, 0.15) is 0 Å². The molecule has 1 aliphatic heterocycles. The van der Waals surface area contributed by atoms with Crippen molar-refractivity contribution >= 4 is 27.7 Å². The van der Waals surface area contributed by atoms with Crippen LogP contribution in [0.2, 0.25) is 0 Å². The first-order chi connectivity index (χ1) is 11.4. The summed E-state index contributed by atoms with van der Waals surface area (Å²) in [4.78, 5) is 17.6. The van der Waals surface area contributed by atoms with Gasteiger partial charge in [0.05, 0.1) is 11.4 Å². The number of thioether (sulfide) groups is 1. The maximum absolute atomic E-state index is 12.6. The standard InChI is InChI=1S/C16H25N3O3S2/c1-4-18-9-11-19(12-10-18)16(20)13-17(2)24(21,22)15-7-5-14(23-3)6-8-15/h5-8H,4,9-13H2,1-3H3. The summed E-state index contributed by atoms with van der Waals surface area (Å²) in [5.74, 6) is -0.141. The van der Waals surface area contributed by atoms with E-state index in [1.165, 1.54) is 7.05 Å². The predicted octanol–water partition coefficient (Wildman–Crippen LogP) is 1.19. The molecule has 0 N–H and O–H groups in total. The van der Waals surface area contributed by atoms with Gasteiger partial charge in [-0.2, -0.15) is 4.31 Å². The molecule has 0 aromatic heterocycles. The Kier molecular flexibility index (Phi) is 6.68. The molecule has 1 aromatic carbocycles. The number of nitrogens with zero attached hydrogens (tertiary/aromatic N) is 3. The third-order valence-electron chi connectivity index (χ3n) is 4.30. The van der Waals surface area contributed by atoms with Crippen LogP contribution in [0.5, 0.6) is 0 Å². The SMILES string of the molecule is CCN1CCN(C(=O)CN(C)S(=O)(=O)c2ccc(SC)cc2)CC1. The lowest BCUT2D eigenvalue weighted by Gasteiger charge is -2.34. The number of hydrogen-bond acceptors (Lipinski definition) is 5. The summed E-state index contributed by atoms with van der Waals surface area (Å²) in [7, 11) is -2.19. The lowest BCUT2D eigenvalue weighted by molar-refractivity contribution is -0.132. The second-order valence-corrected chi connectivity index (χ2v) is 8.68. The van der Waals surface area contributed by atoms with Crippen LogP contribution in [0, 0.1) is 0 Å². The fraction of sp³-hybridized carbons (Fsp3) is 0.562. The molecule has 1 fully saturated rings. The predicted molar refractivity (Wildman–Crippen MR) is 96.7 cm³/mol. The molecule has 1 aromatic rings. The molecule has 0 bridgehead atoms. The number of benzene rings is 1. The van der Waals surface area contributed by atoms with Crippen molar-refractivity contribution in [3.05, 3.63) is 24.3 Å². The largest absolute Gasteiger partial charge is 0.339 e. The number of carbonyl (C=O) groups is 1. The van der Waals surface area contributed by atoms with E-state index >= 15 is 0 Å². The number of piperazine rings is 1. The quantitative estimate of drug-likeness (QED) is 0.703. The molecular weight excluding hydrogens is 346 g/mol.